The highest BCUT2D eigenvalue weighted by atomic mass is 16.2. The van der Waals surface area contributed by atoms with Gasteiger partial charge in [0.15, 0.2) is 5.82 Å². The maximum atomic E-state index is 8.45. The van der Waals surface area contributed by atoms with Crippen molar-refractivity contribution in [1.82, 2.24) is 9.97 Å². The van der Waals surface area contributed by atoms with Crippen molar-refractivity contribution in [1.29, 1.82) is 0 Å². The van der Waals surface area contributed by atoms with Gasteiger partial charge in [0.25, 0.3) is 0 Å². The van der Waals surface area contributed by atoms with Gasteiger partial charge in [-0.25, -0.2) is 9.97 Å². The van der Waals surface area contributed by atoms with Crippen LogP contribution in [-0.4, -0.2) is 21.7 Å². The Kier molecular flexibility index (Phi) is 3.28. The molecular weight excluding hydrogens is 140 g/mol. The molecule has 0 unspecified atom stereocenters. The molecular formula is C8H10N2O. The van der Waals surface area contributed by atoms with Crippen LogP contribution in [0.5, 0.6) is 0 Å². The van der Waals surface area contributed by atoms with Crippen molar-refractivity contribution >= 4 is 6.08 Å². The number of hydrogen-bond acceptors (Lipinski definition) is 3. The van der Waals surface area contributed by atoms with E-state index in [1.54, 1.807) is 24.5 Å². The lowest BCUT2D eigenvalue weighted by Gasteiger charge is -1.87. The number of hydrogen-bond donors (Lipinski definition) is 1. The third-order valence-corrected chi connectivity index (χ3v) is 1.15. The van der Waals surface area contributed by atoms with Gasteiger partial charge in [-0.1, -0.05) is 6.08 Å². The number of aliphatic hydroxyl groups excluding tert-OH is 1. The van der Waals surface area contributed by atoms with Gasteiger partial charge in [-0.3, -0.25) is 0 Å². The number of nitrogens with zero attached hydrogens (tertiary/aromatic N) is 2. The maximum absolute atomic E-state index is 8.45. The van der Waals surface area contributed by atoms with E-state index in [0.29, 0.717) is 12.2 Å². The standard InChI is InChI=1S/C8H10N2O/c11-7-2-1-4-8-9-5-3-6-10-8/h1,3-6,11H,2,7H2. The highest BCUT2D eigenvalue weighted by Gasteiger charge is 1.83. The summed E-state index contributed by atoms with van der Waals surface area (Å²) >= 11 is 0. The molecule has 0 saturated heterocycles. The van der Waals surface area contributed by atoms with E-state index in [-0.39, 0.29) is 6.61 Å². The molecule has 1 aromatic rings. The minimum atomic E-state index is 0.170. The molecule has 11 heavy (non-hydrogen) atoms. The Hall–Kier alpha value is -1.22. The van der Waals surface area contributed by atoms with Crippen molar-refractivity contribution in [3.05, 3.63) is 30.4 Å². The van der Waals surface area contributed by atoms with E-state index in [4.69, 9.17) is 5.11 Å². The molecule has 1 rings (SSSR count). The average molecular weight is 150 g/mol. The molecule has 58 valence electrons. The molecule has 0 fully saturated rings. The number of aliphatic hydroxyl groups is 1. The van der Waals surface area contributed by atoms with E-state index in [1.807, 2.05) is 6.08 Å². The first-order valence-electron chi connectivity index (χ1n) is 3.48. The molecule has 0 aliphatic carbocycles. The Morgan fingerprint density at radius 1 is 1.36 bits per heavy atom. The van der Waals surface area contributed by atoms with Crippen LogP contribution in [-0.2, 0) is 0 Å². The lowest BCUT2D eigenvalue weighted by Crippen LogP contribution is -1.83. The Labute approximate surface area is 65.4 Å². The van der Waals surface area contributed by atoms with Crippen molar-refractivity contribution < 1.29 is 5.11 Å². The third-order valence-electron chi connectivity index (χ3n) is 1.15. The minimum Gasteiger partial charge on any atom is -0.396 e. The summed E-state index contributed by atoms with van der Waals surface area (Å²) in [6.07, 6.45) is 7.65. The van der Waals surface area contributed by atoms with Crippen LogP contribution in [0.15, 0.2) is 24.5 Å². The second kappa shape index (κ2) is 4.57. The van der Waals surface area contributed by atoms with E-state index in [2.05, 4.69) is 9.97 Å². The van der Waals surface area contributed by atoms with Crippen LogP contribution >= 0.6 is 0 Å². The van der Waals surface area contributed by atoms with Crippen molar-refractivity contribution in [2.75, 3.05) is 6.61 Å². The summed E-state index contributed by atoms with van der Waals surface area (Å²) in [5.41, 5.74) is 0. The average Bonchev–Trinajstić information content (AvgIpc) is 2.07. The van der Waals surface area contributed by atoms with Gasteiger partial charge in [0, 0.05) is 19.0 Å². The fraction of sp³-hybridized carbons (Fsp3) is 0.250. The monoisotopic (exact) mass is 150 g/mol. The molecule has 0 aliphatic rings. The quantitative estimate of drug-likeness (QED) is 0.695. The molecule has 3 heteroatoms. The zero-order chi connectivity index (χ0) is 7.94. The highest BCUT2D eigenvalue weighted by Crippen LogP contribution is 1.92. The zero-order valence-electron chi connectivity index (χ0n) is 6.14. The lowest BCUT2D eigenvalue weighted by molar-refractivity contribution is 0.303. The van der Waals surface area contributed by atoms with Crippen LogP contribution in [0, 0.1) is 0 Å². The number of aromatic nitrogens is 2. The third kappa shape index (κ3) is 2.91. The van der Waals surface area contributed by atoms with Crippen LogP contribution in [0.1, 0.15) is 12.2 Å². The van der Waals surface area contributed by atoms with Gasteiger partial charge in [0.1, 0.15) is 0 Å². The molecule has 0 bridgehead atoms. The van der Waals surface area contributed by atoms with Gasteiger partial charge in [-0.2, -0.15) is 0 Å². The van der Waals surface area contributed by atoms with Gasteiger partial charge in [0.2, 0.25) is 0 Å². The highest BCUT2D eigenvalue weighted by molar-refractivity contribution is 5.38. The SMILES string of the molecule is OCCC=Cc1ncccn1. The van der Waals surface area contributed by atoms with E-state index in [1.165, 1.54) is 0 Å². The van der Waals surface area contributed by atoms with Crippen molar-refractivity contribution in [2.24, 2.45) is 0 Å². The fourth-order valence-electron chi connectivity index (χ4n) is 0.660. The Morgan fingerprint density at radius 3 is 2.73 bits per heavy atom. The van der Waals surface area contributed by atoms with E-state index in [9.17, 15) is 0 Å². The first-order chi connectivity index (χ1) is 5.43. The Morgan fingerprint density at radius 2 is 2.09 bits per heavy atom. The molecule has 1 aromatic heterocycles. The summed E-state index contributed by atoms with van der Waals surface area (Å²) in [5.74, 6) is 0.681. The molecule has 0 spiro atoms. The van der Waals surface area contributed by atoms with Gasteiger partial charge in [0.05, 0.1) is 0 Å². The maximum Gasteiger partial charge on any atom is 0.151 e. The van der Waals surface area contributed by atoms with E-state index < -0.39 is 0 Å². The van der Waals surface area contributed by atoms with Gasteiger partial charge >= 0.3 is 0 Å². The first kappa shape index (κ1) is 7.88. The van der Waals surface area contributed by atoms with E-state index in [0.717, 1.165) is 0 Å². The molecule has 0 atom stereocenters. The topological polar surface area (TPSA) is 46.0 Å². The van der Waals surface area contributed by atoms with E-state index >= 15 is 0 Å². The van der Waals surface area contributed by atoms with Crippen LogP contribution in [0.4, 0.5) is 0 Å². The predicted octanol–water partition coefficient (Wildman–Crippen LogP) is 0.872. The first-order valence-corrected chi connectivity index (χ1v) is 3.48. The van der Waals surface area contributed by atoms with Crippen LogP contribution in [0.2, 0.25) is 0 Å². The van der Waals surface area contributed by atoms with Crippen LogP contribution < -0.4 is 0 Å². The normalized spacial score (nSPS) is 10.6. The van der Waals surface area contributed by atoms with Crippen molar-refractivity contribution in [2.45, 2.75) is 6.42 Å². The molecule has 1 N–H and O–H groups in total. The second-order valence-corrected chi connectivity index (χ2v) is 2.02. The van der Waals surface area contributed by atoms with Gasteiger partial charge < -0.3 is 5.11 Å². The van der Waals surface area contributed by atoms with Crippen LogP contribution in [0.3, 0.4) is 0 Å². The molecule has 0 aliphatic heterocycles. The second-order valence-electron chi connectivity index (χ2n) is 2.02. The zero-order valence-corrected chi connectivity index (χ0v) is 6.14. The lowest BCUT2D eigenvalue weighted by atomic mass is 10.4. The summed E-state index contributed by atoms with van der Waals surface area (Å²) < 4.78 is 0. The molecule has 0 radical (unpaired) electrons. The van der Waals surface area contributed by atoms with Gasteiger partial charge in [-0.15, -0.1) is 0 Å². The molecule has 0 aromatic carbocycles. The van der Waals surface area contributed by atoms with Gasteiger partial charge in [-0.05, 0) is 18.6 Å². The molecule has 1 heterocycles. The molecule has 0 saturated carbocycles. The van der Waals surface area contributed by atoms with Crippen molar-refractivity contribution in [3.8, 4) is 0 Å². The summed E-state index contributed by atoms with van der Waals surface area (Å²) in [7, 11) is 0. The summed E-state index contributed by atoms with van der Waals surface area (Å²) in [4.78, 5) is 7.94. The van der Waals surface area contributed by atoms with Crippen molar-refractivity contribution in [3.63, 3.8) is 0 Å². The predicted molar refractivity (Wildman–Crippen MR) is 42.8 cm³/mol. The Balaban J connectivity index is 2.50. The molecule has 3 nitrogen and oxygen atoms in total. The minimum absolute atomic E-state index is 0.170. The van der Waals surface area contributed by atoms with Crippen LogP contribution in [0.25, 0.3) is 6.08 Å². The summed E-state index contributed by atoms with van der Waals surface area (Å²) in [5, 5.41) is 8.45. The Bertz CT molecular complexity index is 221. The smallest absolute Gasteiger partial charge is 0.151 e. The fourth-order valence-corrected chi connectivity index (χ4v) is 0.660. The molecule has 0 amide bonds. The summed E-state index contributed by atoms with van der Waals surface area (Å²) in [6.45, 7) is 0.170. The number of rotatable bonds is 3. The largest absolute Gasteiger partial charge is 0.396 e. The summed E-state index contributed by atoms with van der Waals surface area (Å²) in [6, 6.07) is 1.77.